The Balaban J connectivity index is 2.72. The number of hydrogen-bond acceptors (Lipinski definition) is 2. The number of hydrogen-bond donors (Lipinski definition) is 1. The quantitative estimate of drug-likeness (QED) is 0.869. The van der Waals surface area contributed by atoms with Crippen LogP contribution in [-0.2, 0) is 6.18 Å². The number of nitrogens with one attached hydrogen (secondary N) is 1. The minimum Gasteiger partial charge on any atom is -0.312 e. The molecule has 0 amide bonds. The van der Waals surface area contributed by atoms with E-state index < -0.39 is 11.9 Å². The summed E-state index contributed by atoms with van der Waals surface area (Å²) in [4.78, 5) is 0. The van der Waals surface area contributed by atoms with Gasteiger partial charge in [-0.3, -0.25) is 4.68 Å². The summed E-state index contributed by atoms with van der Waals surface area (Å²) in [5.41, 5.74) is -0.833. The summed E-state index contributed by atoms with van der Waals surface area (Å²) >= 11 is 0. The number of alkyl halides is 3. The highest BCUT2D eigenvalue weighted by atomic mass is 19.4. The van der Waals surface area contributed by atoms with Crippen LogP contribution in [0.15, 0.2) is 12.3 Å². The second-order valence-corrected chi connectivity index (χ2v) is 4.30. The zero-order valence-electron chi connectivity index (χ0n) is 10.3. The Morgan fingerprint density at radius 3 is 2.47 bits per heavy atom. The second-order valence-electron chi connectivity index (χ2n) is 4.30. The monoisotopic (exact) mass is 249 g/mol. The van der Waals surface area contributed by atoms with Crippen molar-refractivity contribution in [2.45, 2.75) is 45.5 Å². The highest BCUT2D eigenvalue weighted by Gasteiger charge is 2.33. The molecule has 0 radical (unpaired) electrons. The van der Waals surface area contributed by atoms with E-state index in [0.29, 0.717) is 12.6 Å². The maximum atomic E-state index is 12.4. The molecule has 1 aromatic rings. The van der Waals surface area contributed by atoms with Crippen LogP contribution < -0.4 is 5.32 Å². The van der Waals surface area contributed by atoms with Gasteiger partial charge >= 0.3 is 6.18 Å². The Morgan fingerprint density at radius 2 is 2.06 bits per heavy atom. The molecule has 98 valence electrons. The van der Waals surface area contributed by atoms with E-state index in [1.54, 1.807) is 0 Å². The molecule has 1 heterocycles. The number of nitrogens with zero attached hydrogens (tertiary/aromatic N) is 2. The molecule has 1 unspecified atom stereocenters. The molecule has 0 saturated heterocycles. The van der Waals surface area contributed by atoms with Crippen LogP contribution in [0.3, 0.4) is 0 Å². The number of aromatic nitrogens is 2. The first-order valence-electron chi connectivity index (χ1n) is 5.70. The van der Waals surface area contributed by atoms with Crippen molar-refractivity contribution in [1.29, 1.82) is 0 Å². The Kier molecular flexibility index (Phi) is 4.56. The molecule has 0 saturated carbocycles. The van der Waals surface area contributed by atoms with Gasteiger partial charge in [-0.25, -0.2) is 0 Å². The lowest BCUT2D eigenvalue weighted by Gasteiger charge is -2.18. The molecule has 0 bridgehead atoms. The van der Waals surface area contributed by atoms with Crippen molar-refractivity contribution in [3.05, 3.63) is 18.0 Å². The van der Waals surface area contributed by atoms with Gasteiger partial charge in [0.2, 0.25) is 0 Å². The summed E-state index contributed by atoms with van der Waals surface area (Å²) in [6.45, 7) is 6.54. The normalized spacial score (nSPS) is 14.3. The fourth-order valence-corrected chi connectivity index (χ4v) is 1.49. The van der Waals surface area contributed by atoms with Crippen LogP contribution >= 0.6 is 0 Å². The van der Waals surface area contributed by atoms with E-state index in [-0.39, 0.29) is 6.04 Å². The minimum absolute atomic E-state index is 0.0477. The van der Waals surface area contributed by atoms with Gasteiger partial charge in [0.25, 0.3) is 0 Å². The Hall–Kier alpha value is -1.04. The smallest absolute Gasteiger partial charge is 0.312 e. The molecule has 0 aliphatic carbocycles. The SMILES string of the molecule is CCC(CNC(C)C)n1ccc(C(F)(F)F)n1. The van der Waals surface area contributed by atoms with Crippen molar-refractivity contribution in [2.24, 2.45) is 0 Å². The molecule has 1 aromatic heterocycles. The highest BCUT2D eigenvalue weighted by Crippen LogP contribution is 2.28. The standard InChI is InChI=1S/C11H18F3N3/c1-4-9(7-15-8(2)3)17-6-5-10(16-17)11(12,13)14/h5-6,8-9,15H,4,7H2,1-3H3. The zero-order chi connectivity index (χ0) is 13.1. The summed E-state index contributed by atoms with van der Waals surface area (Å²) in [6.07, 6.45) is -2.24. The Bertz CT molecular complexity index is 344. The van der Waals surface area contributed by atoms with Crippen LogP contribution in [0.1, 0.15) is 38.9 Å². The third-order valence-electron chi connectivity index (χ3n) is 2.51. The number of rotatable bonds is 5. The van der Waals surface area contributed by atoms with Crippen molar-refractivity contribution >= 4 is 0 Å². The molecule has 1 N–H and O–H groups in total. The third-order valence-corrected chi connectivity index (χ3v) is 2.51. The summed E-state index contributed by atoms with van der Waals surface area (Å²) in [6, 6.07) is 1.27. The van der Waals surface area contributed by atoms with Gasteiger partial charge in [0.05, 0.1) is 6.04 Å². The third kappa shape index (κ3) is 4.03. The average molecular weight is 249 g/mol. The van der Waals surface area contributed by atoms with E-state index >= 15 is 0 Å². The summed E-state index contributed by atoms with van der Waals surface area (Å²) in [7, 11) is 0. The largest absolute Gasteiger partial charge is 0.435 e. The predicted molar refractivity (Wildman–Crippen MR) is 59.7 cm³/mol. The van der Waals surface area contributed by atoms with E-state index in [1.165, 1.54) is 10.9 Å². The fourth-order valence-electron chi connectivity index (χ4n) is 1.49. The van der Waals surface area contributed by atoms with Crippen LogP contribution in [0.2, 0.25) is 0 Å². The summed E-state index contributed by atoms with van der Waals surface area (Å²) in [5, 5.41) is 6.78. The molecule has 1 atom stereocenters. The second kappa shape index (κ2) is 5.53. The van der Waals surface area contributed by atoms with Crippen LogP contribution in [-0.4, -0.2) is 22.4 Å². The van der Waals surface area contributed by atoms with Crippen molar-refractivity contribution in [2.75, 3.05) is 6.54 Å². The van der Waals surface area contributed by atoms with Crippen molar-refractivity contribution in [3.8, 4) is 0 Å². The number of halogens is 3. The lowest BCUT2D eigenvalue weighted by molar-refractivity contribution is -0.141. The lowest BCUT2D eigenvalue weighted by Crippen LogP contribution is -2.30. The topological polar surface area (TPSA) is 29.9 Å². The van der Waals surface area contributed by atoms with Crippen molar-refractivity contribution in [1.82, 2.24) is 15.1 Å². The first kappa shape index (κ1) is 14.0. The van der Waals surface area contributed by atoms with Gasteiger partial charge in [-0.1, -0.05) is 20.8 Å². The van der Waals surface area contributed by atoms with Gasteiger partial charge in [0.15, 0.2) is 5.69 Å². The van der Waals surface area contributed by atoms with Gasteiger partial charge in [-0.05, 0) is 12.5 Å². The van der Waals surface area contributed by atoms with Gasteiger partial charge in [0.1, 0.15) is 0 Å². The van der Waals surface area contributed by atoms with Crippen LogP contribution in [0.4, 0.5) is 13.2 Å². The molecule has 17 heavy (non-hydrogen) atoms. The molecule has 3 nitrogen and oxygen atoms in total. The maximum Gasteiger partial charge on any atom is 0.435 e. The van der Waals surface area contributed by atoms with E-state index in [0.717, 1.165) is 12.5 Å². The molecule has 0 fully saturated rings. The van der Waals surface area contributed by atoms with Crippen molar-refractivity contribution < 1.29 is 13.2 Å². The molecule has 0 spiro atoms. The van der Waals surface area contributed by atoms with Gasteiger partial charge in [-0.2, -0.15) is 18.3 Å². The molecular formula is C11H18F3N3. The average Bonchev–Trinajstić information content (AvgIpc) is 2.67. The lowest BCUT2D eigenvalue weighted by atomic mass is 10.2. The fraction of sp³-hybridized carbons (Fsp3) is 0.727. The van der Waals surface area contributed by atoms with Crippen LogP contribution in [0.25, 0.3) is 0 Å². The van der Waals surface area contributed by atoms with Crippen molar-refractivity contribution in [3.63, 3.8) is 0 Å². The Morgan fingerprint density at radius 1 is 1.41 bits per heavy atom. The van der Waals surface area contributed by atoms with E-state index in [2.05, 4.69) is 10.4 Å². The zero-order valence-corrected chi connectivity index (χ0v) is 10.3. The molecule has 0 aromatic carbocycles. The van der Waals surface area contributed by atoms with Crippen LogP contribution in [0.5, 0.6) is 0 Å². The Labute approximate surface area is 99.0 Å². The molecule has 6 heteroatoms. The van der Waals surface area contributed by atoms with Gasteiger partial charge in [-0.15, -0.1) is 0 Å². The minimum atomic E-state index is -4.37. The van der Waals surface area contributed by atoms with E-state index in [9.17, 15) is 13.2 Å². The first-order valence-corrected chi connectivity index (χ1v) is 5.70. The van der Waals surface area contributed by atoms with E-state index in [4.69, 9.17) is 0 Å². The van der Waals surface area contributed by atoms with Gasteiger partial charge in [0, 0.05) is 18.8 Å². The van der Waals surface area contributed by atoms with Crippen LogP contribution in [0, 0.1) is 0 Å². The molecule has 0 aliphatic heterocycles. The molecule has 1 rings (SSSR count). The van der Waals surface area contributed by atoms with Gasteiger partial charge < -0.3 is 5.32 Å². The summed E-state index contributed by atoms with van der Waals surface area (Å²) < 4.78 is 38.6. The maximum absolute atomic E-state index is 12.4. The predicted octanol–water partition coefficient (Wildman–Crippen LogP) is 2.85. The summed E-state index contributed by atoms with van der Waals surface area (Å²) in [5.74, 6) is 0. The first-order chi connectivity index (χ1) is 7.84. The van der Waals surface area contributed by atoms with E-state index in [1.807, 2.05) is 20.8 Å². The molecular weight excluding hydrogens is 231 g/mol. The molecule has 0 aliphatic rings. The highest BCUT2D eigenvalue weighted by molar-refractivity contribution is 5.04.